The summed E-state index contributed by atoms with van der Waals surface area (Å²) in [4.78, 5) is 32.6. The zero-order valence-corrected chi connectivity index (χ0v) is 15.0. The lowest BCUT2D eigenvalue weighted by Crippen LogP contribution is -2.56. The molecule has 6 nitrogen and oxygen atoms in total. The third-order valence-electron chi connectivity index (χ3n) is 5.18. The number of carbonyl (C=O) groups excluding carboxylic acids is 2. The Kier molecular flexibility index (Phi) is 4.39. The van der Waals surface area contributed by atoms with Crippen LogP contribution in [0.15, 0.2) is 42.6 Å². The van der Waals surface area contributed by atoms with Gasteiger partial charge in [0.25, 0.3) is 11.8 Å². The number of pyridine rings is 1. The fraction of sp³-hybridized carbons (Fsp3) is 0.350. The number of hydrogen-bond donors (Lipinski definition) is 0. The summed E-state index contributed by atoms with van der Waals surface area (Å²) in [6.07, 6.45) is 2.22. The number of carbonyl (C=O) groups is 2. The van der Waals surface area contributed by atoms with Crippen molar-refractivity contribution in [3.63, 3.8) is 0 Å². The minimum atomic E-state index is -0.640. The van der Waals surface area contributed by atoms with Crippen molar-refractivity contribution in [3.8, 4) is 0 Å². The molecule has 27 heavy (non-hydrogen) atoms. The third kappa shape index (κ3) is 3.30. The molecule has 2 fully saturated rings. The minimum absolute atomic E-state index is 0.0822. The van der Waals surface area contributed by atoms with Gasteiger partial charge in [0, 0.05) is 18.4 Å². The predicted molar refractivity (Wildman–Crippen MR) is 96.9 cm³/mol. The van der Waals surface area contributed by atoms with Gasteiger partial charge in [0.15, 0.2) is 0 Å². The van der Waals surface area contributed by atoms with E-state index in [2.05, 4.69) is 4.98 Å². The molecule has 0 bridgehead atoms. The number of hydrogen-bond acceptors (Lipinski definition) is 4. The second-order valence-electron chi connectivity index (χ2n) is 7.08. The number of ether oxygens (including phenoxy) is 1. The van der Waals surface area contributed by atoms with E-state index in [-0.39, 0.29) is 18.4 Å². The van der Waals surface area contributed by atoms with Crippen LogP contribution < -0.4 is 4.90 Å². The highest BCUT2D eigenvalue weighted by molar-refractivity contribution is 5.96. The SMILES string of the molecule is Cc1cccnc1C(=O)N1CCC2(C1)CN(c1cccc(F)c1)C(=O)CO2. The van der Waals surface area contributed by atoms with E-state index < -0.39 is 11.4 Å². The molecule has 2 aliphatic rings. The lowest BCUT2D eigenvalue weighted by atomic mass is 10.00. The largest absolute Gasteiger partial charge is 0.361 e. The molecule has 1 spiro atoms. The van der Waals surface area contributed by atoms with E-state index in [4.69, 9.17) is 4.74 Å². The van der Waals surface area contributed by atoms with Crippen molar-refractivity contribution in [2.45, 2.75) is 18.9 Å². The molecule has 0 N–H and O–H groups in total. The number of morpholine rings is 1. The van der Waals surface area contributed by atoms with Gasteiger partial charge in [-0.1, -0.05) is 12.1 Å². The van der Waals surface area contributed by atoms with Crippen molar-refractivity contribution < 1.29 is 18.7 Å². The predicted octanol–water partition coefficient (Wildman–Crippen LogP) is 2.18. The Bertz CT molecular complexity index is 904. The van der Waals surface area contributed by atoms with Crippen LogP contribution in [0.5, 0.6) is 0 Å². The van der Waals surface area contributed by atoms with Crippen molar-refractivity contribution in [2.24, 2.45) is 0 Å². The van der Waals surface area contributed by atoms with Gasteiger partial charge in [-0.25, -0.2) is 4.39 Å². The summed E-state index contributed by atoms with van der Waals surface area (Å²) in [7, 11) is 0. The van der Waals surface area contributed by atoms with Gasteiger partial charge in [0.2, 0.25) is 0 Å². The van der Waals surface area contributed by atoms with Crippen LogP contribution >= 0.6 is 0 Å². The monoisotopic (exact) mass is 369 g/mol. The van der Waals surface area contributed by atoms with Crippen molar-refractivity contribution in [1.29, 1.82) is 0 Å². The quantitative estimate of drug-likeness (QED) is 0.814. The van der Waals surface area contributed by atoms with Crippen LogP contribution in [-0.4, -0.2) is 53.5 Å². The van der Waals surface area contributed by atoms with Gasteiger partial charge in [0.1, 0.15) is 23.7 Å². The number of benzene rings is 1. The van der Waals surface area contributed by atoms with Crippen molar-refractivity contribution in [2.75, 3.05) is 31.1 Å². The number of amides is 2. The Labute approximate surface area is 156 Å². The van der Waals surface area contributed by atoms with Gasteiger partial charge in [-0.05, 0) is 43.2 Å². The van der Waals surface area contributed by atoms with Gasteiger partial charge in [-0.15, -0.1) is 0 Å². The Balaban J connectivity index is 1.54. The average molecular weight is 369 g/mol. The van der Waals surface area contributed by atoms with Crippen LogP contribution in [-0.2, 0) is 9.53 Å². The summed E-state index contributed by atoms with van der Waals surface area (Å²) >= 11 is 0. The molecule has 0 radical (unpaired) electrons. The third-order valence-corrected chi connectivity index (χ3v) is 5.18. The summed E-state index contributed by atoms with van der Waals surface area (Å²) in [5.41, 5.74) is 1.12. The van der Waals surface area contributed by atoms with E-state index in [0.29, 0.717) is 37.4 Å². The summed E-state index contributed by atoms with van der Waals surface area (Å²) in [6.45, 7) is 2.97. The molecule has 2 aliphatic heterocycles. The fourth-order valence-corrected chi connectivity index (χ4v) is 3.72. The van der Waals surface area contributed by atoms with Crippen LogP contribution in [0.1, 0.15) is 22.5 Å². The van der Waals surface area contributed by atoms with E-state index in [1.165, 1.54) is 12.1 Å². The molecule has 4 rings (SSSR count). The Hall–Kier alpha value is -2.80. The number of nitrogens with zero attached hydrogens (tertiary/aromatic N) is 3. The number of halogens is 1. The normalized spacial score (nSPS) is 22.5. The van der Waals surface area contributed by atoms with Crippen LogP contribution in [0.4, 0.5) is 10.1 Å². The molecule has 1 aromatic heterocycles. The van der Waals surface area contributed by atoms with Gasteiger partial charge in [-0.2, -0.15) is 0 Å². The van der Waals surface area contributed by atoms with Gasteiger partial charge in [0.05, 0.1) is 13.1 Å². The molecule has 1 aromatic carbocycles. The first-order valence-corrected chi connectivity index (χ1v) is 8.88. The van der Waals surface area contributed by atoms with Gasteiger partial charge < -0.3 is 14.5 Å². The maximum atomic E-state index is 13.6. The van der Waals surface area contributed by atoms with E-state index >= 15 is 0 Å². The summed E-state index contributed by atoms with van der Waals surface area (Å²) in [5, 5.41) is 0. The zero-order valence-electron chi connectivity index (χ0n) is 15.0. The van der Waals surface area contributed by atoms with Crippen LogP contribution in [0.25, 0.3) is 0 Å². The molecule has 140 valence electrons. The molecule has 1 atom stereocenters. The molecule has 2 amide bonds. The van der Waals surface area contributed by atoms with Crippen LogP contribution in [0.2, 0.25) is 0 Å². The Morgan fingerprint density at radius 3 is 2.89 bits per heavy atom. The maximum Gasteiger partial charge on any atom is 0.272 e. The average Bonchev–Trinajstić information content (AvgIpc) is 3.08. The molecule has 0 aliphatic carbocycles. The maximum absolute atomic E-state index is 13.6. The summed E-state index contributed by atoms with van der Waals surface area (Å²) in [5.74, 6) is -0.742. The van der Waals surface area contributed by atoms with Crippen molar-refractivity contribution in [3.05, 3.63) is 59.7 Å². The highest BCUT2D eigenvalue weighted by Crippen LogP contribution is 2.33. The molecular weight excluding hydrogens is 349 g/mol. The summed E-state index contributed by atoms with van der Waals surface area (Å²) < 4.78 is 19.5. The highest BCUT2D eigenvalue weighted by Gasteiger charge is 2.47. The Morgan fingerprint density at radius 1 is 1.26 bits per heavy atom. The second kappa shape index (κ2) is 6.74. The first-order valence-electron chi connectivity index (χ1n) is 8.88. The molecule has 2 saturated heterocycles. The number of rotatable bonds is 2. The molecule has 3 heterocycles. The highest BCUT2D eigenvalue weighted by atomic mass is 19.1. The molecule has 7 heteroatoms. The fourth-order valence-electron chi connectivity index (χ4n) is 3.72. The lowest BCUT2D eigenvalue weighted by Gasteiger charge is -2.40. The first kappa shape index (κ1) is 17.6. The number of likely N-dealkylation sites (tertiary alicyclic amines) is 1. The van der Waals surface area contributed by atoms with Crippen molar-refractivity contribution in [1.82, 2.24) is 9.88 Å². The number of aryl methyl sites for hydroxylation is 1. The topological polar surface area (TPSA) is 62.7 Å². The van der Waals surface area contributed by atoms with Gasteiger partial charge >= 0.3 is 0 Å². The van der Waals surface area contributed by atoms with Crippen molar-refractivity contribution >= 4 is 17.5 Å². The van der Waals surface area contributed by atoms with E-state index in [0.717, 1.165) is 5.56 Å². The zero-order chi connectivity index (χ0) is 19.0. The van der Waals surface area contributed by atoms with Crippen LogP contribution in [0, 0.1) is 12.7 Å². The number of anilines is 1. The minimum Gasteiger partial charge on any atom is -0.361 e. The van der Waals surface area contributed by atoms with E-state index in [1.54, 1.807) is 34.2 Å². The number of aromatic nitrogens is 1. The Morgan fingerprint density at radius 2 is 2.11 bits per heavy atom. The molecule has 2 aromatic rings. The first-order chi connectivity index (χ1) is 13.0. The molecular formula is C20H20FN3O3. The standard InChI is InChI=1S/C20H20FN3O3/c1-14-4-3-8-22-18(14)19(26)23-9-7-20(12-23)13-24(17(25)11-27-20)16-6-2-5-15(21)10-16/h2-6,8,10H,7,9,11-13H2,1H3. The molecule has 0 saturated carbocycles. The van der Waals surface area contributed by atoms with Gasteiger partial charge in [-0.3, -0.25) is 14.6 Å². The second-order valence-corrected chi connectivity index (χ2v) is 7.08. The molecule has 1 unspecified atom stereocenters. The summed E-state index contributed by atoms with van der Waals surface area (Å²) in [6, 6.07) is 9.61. The smallest absolute Gasteiger partial charge is 0.272 e. The van der Waals surface area contributed by atoms with Crippen LogP contribution in [0.3, 0.4) is 0 Å². The lowest BCUT2D eigenvalue weighted by molar-refractivity contribution is -0.137. The van der Waals surface area contributed by atoms with E-state index in [9.17, 15) is 14.0 Å². The van der Waals surface area contributed by atoms with E-state index in [1.807, 2.05) is 13.0 Å².